The topological polar surface area (TPSA) is 109 Å². The number of carbonyl (C=O) groups is 1. The van der Waals surface area contributed by atoms with Crippen LogP contribution >= 0.6 is 0 Å². The van der Waals surface area contributed by atoms with E-state index in [1.165, 1.54) is 0 Å². The third-order valence-corrected chi connectivity index (χ3v) is 5.33. The van der Waals surface area contributed by atoms with Crippen molar-refractivity contribution in [3.05, 3.63) is 66.0 Å². The molecular formula is C22H22FN3O5S. The number of fused-ring (bicyclic) bond motifs is 1. The summed E-state index contributed by atoms with van der Waals surface area (Å²) in [6.45, 7) is 1.26. The van der Waals surface area contributed by atoms with Crippen LogP contribution in [-0.2, 0) is 22.7 Å². The molecule has 8 nitrogen and oxygen atoms in total. The van der Waals surface area contributed by atoms with E-state index < -0.39 is 29.5 Å². The Morgan fingerprint density at radius 1 is 1.19 bits per heavy atom. The highest BCUT2D eigenvalue weighted by molar-refractivity contribution is 7.77. The largest absolute Gasteiger partial charge is 0.488 e. The average Bonchev–Trinajstić information content (AvgIpc) is 2.75. The number of halogens is 1. The van der Waals surface area contributed by atoms with E-state index in [1.807, 2.05) is 35.1 Å². The maximum Gasteiger partial charge on any atom is 0.261 e. The fraction of sp³-hybridized carbons (Fsp3) is 0.227. The summed E-state index contributed by atoms with van der Waals surface area (Å²) in [5.74, 6) is -0.622. The van der Waals surface area contributed by atoms with Crippen molar-refractivity contribution < 1.29 is 27.4 Å². The fourth-order valence-corrected chi connectivity index (χ4v) is 3.50. The minimum atomic E-state index is -2.51. The molecule has 0 aliphatic carbocycles. The molecule has 1 unspecified atom stereocenters. The van der Waals surface area contributed by atoms with Gasteiger partial charge in [0.15, 0.2) is 5.82 Å². The molecule has 1 amide bonds. The molecular weight excluding hydrogens is 437 g/mol. The normalized spacial score (nSPS) is 14.4. The van der Waals surface area contributed by atoms with E-state index in [4.69, 9.17) is 14.0 Å². The molecule has 1 heterocycles. The Hall–Kier alpha value is -3.21. The maximum absolute atomic E-state index is 15.5. The van der Waals surface area contributed by atoms with Crippen molar-refractivity contribution in [2.24, 2.45) is 0 Å². The fourth-order valence-electron chi connectivity index (χ4n) is 3.23. The van der Waals surface area contributed by atoms with Gasteiger partial charge in [-0.3, -0.25) is 14.1 Å². The van der Waals surface area contributed by atoms with Gasteiger partial charge in [0.1, 0.15) is 29.9 Å². The van der Waals surface area contributed by atoms with Crippen LogP contribution in [0.1, 0.15) is 5.56 Å². The first-order chi connectivity index (χ1) is 15.5. The number of carbonyl (C=O) groups excluding carboxylic acids is 1. The van der Waals surface area contributed by atoms with E-state index in [9.17, 15) is 9.00 Å². The van der Waals surface area contributed by atoms with Gasteiger partial charge < -0.3 is 20.1 Å². The van der Waals surface area contributed by atoms with Gasteiger partial charge >= 0.3 is 0 Å². The number of benzene rings is 3. The zero-order valence-electron chi connectivity index (χ0n) is 17.0. The van der Waals surface area contributed by atoms with E-state index in [0.29, 0.717) is 16.5 Å². The van der Waals surface area contributed by atoms with Gasteiger partial charge in [-0.2, -0.15) is 0 Å². The lowest BCUT2D eigenvalue weighted by molar-refractivity contribution is -0.117. The molecule has 1 saturated heterocycles. The van der Waals surface area contributed by atoms with Crippen molar-refractivity contribution in [1.82, 2.24) is 10.0 Å². The summed E-state index contributed by atoms with van der Waals surface area (Å²) in [6.07, 6.45) is 0.0460. The average molecular weight is 459 g/mol. The van der Waals surface area contributed by atoms with Gasteiger partial charge in [-0.15, -0.1) is 0 Å². The predicted octanol–water partition coefficient (Wildman–Crippen LogP) is 2.57. The molecule has 1 atom stereocenters. The Kier molecular flexibility index (Phi) is 6.84. The lowest BCUT2D eigenvalue weighted by Crippen LogP contribution is -2.50. The predicted molar refractivity (Wildman–Crippen MR) is 119 cm³/mol. The van der Waals surface area contributed by atoms with E-state index in [0.717, 1.165) is 18.7 Å². The van der Waals surface area contributed by atoms with Crippen molar-refractivity contribution in [1.29, 1.82) is 0 Å². The maximum atomic E-state index is 15.5. The summed E-state index contributed by atoms with van der Waals surface area (Å²) in [6, 6.07) is 16.2. The standard InChI is InChI=1S/C22H22FN3O5S/c23-21-18-9-16(31-17-10-24-11-17)7-6-15(18)8-19(30-13-14-4-2-1-3-5-14)22(21)25-12-20(27)26-32(28)29/h1-9,17,24-25H,10-13H2,(H,26,27)(H,28,29). The molecule has 0 saturated carbocycles. The molecule has 3 aromatic carbocycles. The summed E-state index contributed by atoms with van der Waals surface area (Å²) in [5, 5.41) is 6.71. The highest BCUT2D eigenvalue weighted by Crippen LogP contribution is 2.36. The Morgan fingerprint density at radius 3 is 2.66 bits per heavy atom. The first-order valence-corrected chi connectivity index (χ1v) is 11.0. The van der Waals surface area contributed by atoms with Crippen LogP contribution in [0.4, 0.5) is 10.1 Å². The molecule has 0 bridgehead atoms. The third kappa shape index (κ3) is 5.34. The first-order valence-electron chi connectivity index (χ1n) is 9.94. The second kappa shape index (κ2) is 9.94. The van der Waals surface area contributed by atoms with Crippen LogP contribution in [0.5, 0.6) is 11.5 Å². The quantitative estimate of drug-likeness (QED) is 0.364. The summed E-state index contributed by atoms with van der Waals surface area (Å²) in [4.78, 5) is 11.8. The molecule has 10 heteroatoms. The third-order valence-electron chi connectivity index (χ3n) is 4.92. The van der Waals surface area contributed by atoms with E-state index in [-0.39, 0.29) is 24.1 Å². The van der Waals surface area contributed by atoms with Crippen LogP contribution in [-0.4, -0.2) is 40.4 Å². The van der Waals surface area contributed by atoms with Gasteiger partial charge in [0, 0.05) is 18.5 Å². The Morgan fingerprint density at radius 2 is 1.97 bits per heavy atom. The highest BCUT2D eigenvalue weighted by atomic mass is 32.2. The minimum Gasteiger partial charge on any atom is -0.488 e. The molecule has 0 spiro atoms. The summed E-state index contributed by atoms with van der Waals surface area (Å²) >= 11 is -2.51. The van der Waals surface area contributed by atoms with Gasteiger partial charge in [0.2, 0.25) is 0 Å². The van der Waals surface area contributed by atoms with E-state index in [1.54, 1.807) is 24.3 Å². The lowest BCUT2D eigenvalue weighted by Gasteiger charge is -2.28. The first kappa shape index (κ1) is 22.0. The van der Waals surface area contributed by atoms with Gasteiger partial charge in [0.25, 0.3) is 17.2 Å². The number of anilines is 1. The molecule has 0 aromatic heterocycles. The number of rotatable bonds is 9. The van der Waals surface area contributed by atoms with Gasteiger partial charge in [-0.25, -0.2) is 8.60 Å². The van der Waals surface area contributed by atoms with Crippen molar-refractivity contribution in [3.63, 3.8) is 0 Å². The molecule has 32 heavy (non-hydrogen) atoms. The second-order valence-electron chi connectivity index (χ2n) is 7.25. The highest BCUT2D eigenvalue weighted by Gasteiger charge is 2.20. The molecule has 0 radical (unpaired) electrons. The van der Waals surface area contributed by atoms with E-state index in [2.05, 4.69) is 10.6 Å². The molecule has 1 fully saturated rings. The Balaban J connectivity index is 1.63. The monoisotopic (exact) mass is 459 g/mol. The number of ether oxygens (including phenoxy) is 2. The van der Waals surface area contributed by atoms with Crippen molar-refractivity contribution in [2.45, 2.75) is 12.7 Å². The van der Waals surface area contributed by atoms with Gasteiger partial charge in [0.05, 0.1) is 6.54 Å². The lowest BCUT2D eigenvalue weighted by atomic mass is 10.1. The van der Waals surface area contributed by atoms with Crippen LogP contribution in [0.15, 0.2) is 54.6 Å². The summed E-state index contributed by atoms with van der Waals surface area (Å²) < 4.78 is 48.6. The number of hydrogen-bond acceptors (Lipinski definition) is 6. The molecule has 1 aliphatic heterocycles. The Labute approximate surface area is 186 Å². The number of nitrogens with one attached hydrogen (secondary N) is 3. The van der Waals surface area contributed by atoms with Gasteiger partial charge in [-0.1, -0.05) is 36.4 Å². The number of hydrogen-bond donors (Lipinski definition) is 4. The smallest absolute Gasteiger partial charge is 0.261 e. The summed E-state index contributed by atoms with van der Waals surface area (Å²) in [5.41, 5.74) is 0.875. The van der Waals surface area contributed by atoms with Crippen molar-refractivity contribution in [2.75, 3.05) is 25.0 Å². The van der Waals surface area contributed by atoms with E-state index >= 15 is 4.39 Å². The van der Waals surface area contributed by atoms with Crippen LogP contribution < -0.4 is 24.8 Å². The molecule has 4 rings (SSSR count). The van der Waals surface area contributed by atoms with Crippen LogP contribution in [0.25, 0.3) is 10.8 Å². The van der Waals surface area contributed by atoms with Crippen molar-refractivity contribution in [3.8, 4) is 11.5 Å². The Bertz CT molecular complexity index is 1140. The zero-order chi connectivity index (χ0) is 22.5. The van der Waals surface area contributed by atoms with Crippen LogP contribution in [0.3, 0.4) is 0 Å². The molecule has 1 aliphatic rings. The van der Waals surface area contributed by atoms with Crippen LogP contribution in [0, 0.1) is 5.82 Å². The zero-order valence-corrected chi connectivity index (χ0v) is 17.8. The number of amides is 1. The minimum absolute atomic E-state index is 0.0187. The summed E-state index contributed by atoms with van der Waals surface area (Å²) in [7, 11) is 0. The molecule has 3 aromatic rings. The second-order valence-corrected chi connectivity index (χ2v) is 7.95. The van der Waals surface area contributed by atoms with Crippen molar-refractivity contribution >= 4 is 33.6 Å². The van der Waals surface area contributed by atoms with Gasteiger partial charge in [-0.05, 0) is 29.1 Å². The molecule has 168 valence electrons. The van der Waals surface area contributed by atoms with Crippen LogP contribution in [0.2, 0.25) is 0 Å². The SMILES string of the molecule is O=C(CNc1c(OCc2ccccc2)cc2ccc(OC3CNC3)cc2c1F)NS(=O)O. The molecule has 4 N–H and O–H groups in total.